The molecule has 1 heteroatoms. The standard InChI is InChI=1S/C18H19N/c1-3-13-5-8-15(9-6-13)18-12-16-10-7-14(4-2)11-17(16)19-18/h5-11H,3-4,12H2,1-2H3. The van der Waals surface area contributed by atoms with Crippen molar-refractivity contribution in [2.75, 3.05) is 0 Å². The lowest BCUT2D eigenvalue weighted by Crippen LogP contribution is -2.00. The predicted molar refractivity (Wildman–Crippen MR) is 81.5 cm³/mol. The van der Waals surface area contributed by atoms with E-state index < -0.39 is 0 Å². The molecule has 0 saturated carbocycles. The molecular formula is C18H19N. The molecule has 0 bridgehead atoms. The molecule has 1 nitrogen and oxygen atoms in total. The van der Waals surface area contributed by atoms with Gasteiger partial charge in [0.2, 0.25) is 0 Å². The third kappa shape index (κ3) is 2.33. The summed E-state index contributed by atoms with van der Waals surface area (Å²) >= 11 is 0. The first kappa shape index (κ1) is 12.2. The molecule has 0 aliphatic carbocycles. The van der Waals surface area contributed by atoms with Gasteiger partial charge in [-0.3, -0.25) is 4.99 Å². The second-order valence-electron chi connectivity index (χ2n) is 5.10. The largest absolute Gasteiger partial charge is 0.252 e. The van der Waals surface area contributed by atoms with Crippen molar-refractivity contribution in [1.29, 1.82) is 0 Å². The molecule has 0 atom stereocenters. The average molecular weight is 249 g/mol. The lowest BCUT2D eigenvalue weighted by atomic mass is 10.0. The van der Waals surface area contributed by atoms with Crippen LogP contribution in [0.3, 0.4) is 0 Å². The van der Waals surface area contributed by atoms with Crippen LogP contribution in [0.15, 0.2) is 47.5 Å². The molecule has 19 heavy (non-hydrogen) atoms. The van der Waals surface area contributed by atoms with Crippen LogP contribution in [-0.4, -0.2) is 5.71 Å². The third-order valence-corrected chi connectivity index (χ3v) is 3.87. The third-order valence-electron chi connectivity index (χ3n) is 3.87. The van der Waals surface area contributed by atoms with Crippen molar-refractivity contribution in [3.05, 3.63) is 64.7 Å². The van der Waals surface area contributed by atoms with E-state index in [1.807, 2.05) is 0 Å². The summed E-state index contributed by atoms with van der Waals surface area (Å²) in [7, 11) is 0. The maximum Gasteiger partial charge on any atom is 0.0672 e. The summed E-state index contributed by atoms with van der Waals surface area (Å²) in [4.78, 5) is 4.80. The lowest BCUT2D eigenvalue weighted by Gasteiger charge is -2.02. The molecule has 1 heterocycles. The molecule has 0 amide bonds. The fourth-order valence-corrected chi connectivity index (χ4v) is 2.55. The summed E-state index contributed by atoms with van der Waals surface area (Å²) in [5.74, 6) is 0. The average Bonchev–Trinajstić information content (AvgIpc) is 2.90. The highest BCUT2D eigenvalue weighted by molar-refractivity contribution is 6.06. The minimum atomic E-state index is 0.963. The Morgan fingerprint density at radius 1 is 0.895 bits per heavy atom. The Balaban J connectivity index is 1.91. The molecule has 1 aliphatic rings. The van der Waals surface area contributed by atoms with E-state index in [0.717, 1.165) is 24.9 Å². The maximum atomic E-state index is 4.80. The fourth-order valence-electron chi connectivity index (χ4n) is 2.55. The van der Waals surface area contributed by atoms with Gasteiger partial charge in [-0.1, -0.05) is 50.2 Å². The van der Waals surface area contributed by atoms with Gasteiger partial charge in [0.15, 0.2) is 0 Å². The highest BCUT2D eigenvalue weighted by Gasteiger charge is 2.15. The Kier molecular flexibility index (Phi) is 3.20. The van der Waals surface area contributed by atoms with Crippen LogP contribution in [-0.2, 0) is 19.3 Å². The Labute approximate surface area is 115 Å². The number of benzene rings is 2. The second-order valence-corrected chi connectivity index (χ2v) is 5.10. The van der Waals surface area contributed by atoms with Crippen LogP contribution < -0.4 is 0 Å². The van der Waals surface area contributed by atoms with Crippen LogP contribution in [0.5, 0.6) is 0 Å². The van der Waals surface area contributed by atoms with Gasteiger partial charge in [-0.2, -0.15) is 0 Å². The highest BCUT2D eigenvalue weighted by Crippen LogP contribution is 2.30. The Hall–Kier alpha value is -1.89. The van der Waals surface area contributed by atoms with E-state index in [1.54, 1.807) is 0 Å². The molecule has 96 valence electrons. The monoisotopic (exact) mass is 249 g/mol. The number of hydrogen-bond acceptors (Lipinski definition) is 1. The zero-order valence-electron chi connectivity index (χ0n) is 11.6. The van der Waals surface area contributed by atoms with Gasteiger partial charge in [-0.05, 0) is 41.2 Å². The fraction of sp³-hybridized carbons (Fsp3) is 0.278. The second kappa shape index (κ2) is 5.00. The normalized spacial score (nSPS) is 13.3. The smallest absolute Gasteiger partial charge is 0.0672 e. The molecule has 0 unspecified atom stereocenters. The van der Waals surface area contributed by atoms with E-state index in [0.29, 0.717) is 0 Å². The van der Waals surface area contributed by atoms with Crippen molar-refractivity contribution in [3.63, 3.8) is 0 Å². The molecule has 2 aromatic carbocycles. The molecule has 0 saturated heterocycles. The molecule has 1 aliphatic heterocycles. The number of aryl methyl sites for hydroxylation is 2. The van der Waals surface area contributed by atoms with E-state index in [9.17, 15) is 0 Å². The number of rotatable bonds is 3. The zero-order chi connectivity index (χ0) is 13.2. The SMILES string of the molecule is CCc1ccc(C2=Nc3cc(CC)ccc3C2)cc1. The van der Waals surface area contributed by atoms with Gasteiger partial charge in [0.05, 0.1) is 11.4 Å². The van der Waals surface area contributed by atoms with Gasteiger partial charge < -0.3 is 0 Å². The van der Waals surface area contributed by atoms with Crippen molar-refractivity contribution in [1.82, 2.24) is 0 Å². The molecule has 0 aromatic heterocycles. The van der Waals surface area contributed by atoms with Crippen LogP contribution in [0.25, 0.3) is 0 Å². The number of nitrogens with zero attached hydrogens (tertiary/aromatic N) is 1. The summed E-state index contributed by atoms with van der Waals surface area (Å²) in [6, 6.07) is 15.5. The van der Waals surface area contributed by atoms with Crippen LogP contribution in [0, 0.1) is 0 Å². The first-order valence-electron chi connectivity index (χ1n) is 7.09. The van der Waals surface area contributed by atoms with Crippen LogP contribution in [0.2, 0.25) is 0 Å². The minimum Gasteiger partial charge on any atom is -0.252 e. The summed E-state index contributed by atoms with van der Waals surface area (Å²) in [6.45, 7) is 4.37. The number of fused-ring (bicyclic) bond motifs is 1. The maximum absolute atomic E-state index is 4.80. The number of hydrogen-bond donors (Lipinski definition) is 0. The first-order valence-corrected chi connectivity index (χ1v) is 7.09. The molecule has 0 fully saturated rings. The minimum absolute atomic E-state index is 0.963. The van der Waals surface area contributed by atoms with Crippen molar-refractivity contribution in [3.8, 4) is 0 Å². The summed E-state index contributed by atoms with van der Waals surface area (Å²) in [5, 5.41) is 0. The molecule has 0 radical (unpaired) electrons. The topological polar surface area (TPSA) is 12.4 Å². The first-order chi connectivity index (χ1) is 9.30. The van der Waals surface area contributed by atoms with E-state index in [1.165, 1.54) is 28.0 Å². The number of aliphatic imine (C=N–C) groups is 1. The quantitative estimate of drug-likeness (QED) is 0.760. The van der Waals surface area contributed by atoms with Gasteiger partial charge in [0, 0.05) is 6.42 Å². The van der Waals surface area contributed by atoms with E-state index in [-0.39, 0.29) is 0 Å². The summed E-state index contributed by atoms with van der Waals surface area (Å²) in [5.41, 5.74) is 7.72. The van der Waals surface area contributed by atoms with Crippen LogP contribution in [0.4, 0.5) is 5.69 Å². The van der Waals surface area contributed by atoms with Gasteiger partial charge in [-0.15, -0.1) is 0 Å². The lowest BCUT2D eigenvalue weighted by molar-refractivity contribution is 1.13. The van der Waals surface area contributed by atoms with E-state index in [2.05, 4.69) is 56.3 Å². The van der Waals surface area contributed by atoms with E-state index in [4.69, 9.17) is 4.99 Å². The molecule has 0 spiro atoms. The van der Waals surface area contributed by atoms with Gasteiger partial charge in [0.25, 0.3) is 0 Å². The Morgan fingerprint density at radius 2 is 1.58 bits per heavy atom. The molecule has 2 aromatic rings. The molecule has 0 N–H and O–H groups in total. The van der Waals surface area contributed by atoms with Crippen molar-refractivity contribution in [2.24, 2.45) is 4.99 Å². The Bertz CT molecular complexity index is 621. The predicted octanol–water partition coefficient (Wildman–Crippen LogP) is 4.49. The van der Waals surface area contributed by atoms with Gasteiger partial charge in [-0.25, -0.2) is 0 Å². The van der Waals surface area contributed by atoms with Gasteiger partial charge in [0.1, 0.15) is 0 Å². The van der Waals surface area contributed by atoms with Crippen molar-refractivity contribution < 1.29 is 0 Å². The molecule has 3 rings (SSSR count). The summed E-state index contributed by atoms with van der Waals surface area (Å²) < 4.78 is 0. The van der Waals surface area contributed by atoms with Gasteiger partial charge >= 0.3 is 0 Å². The van der Waals surface area contributed by atoms with E-state index >= 15 is 0 Å². The van der Waals surface area contributed by atoms with Crippen molar-refractivity contribution in [2.45, 2.75) is 33.1 Å². The van der Waals surface area contributed by atoms with Crippen LogP contribution >= 0.6 is 0 Å². The highest BCUT2D eigenvalue weighted by atomic mass is 14.8. The zero-order valence-corrected chi connectivity index (χ0v) is 11.6. The molecular weight excluding hydrogens is 230 g/mol. The summed E-state index contributed by atoms with van der Waals surface area (Å²) in [6.07, 6.45) is 3.13. The van der Waals surface area contributed by atoms with Crippen molar-refractivity contribution >= 4 is 11.4 Å². The van der Waals surface area contributed by atoms with Crippen LogP contribution in [0.1, 0.15) is 36.1 Å². The Morgan fingerprint density at radius 3 is 2.26 bits per heavy atom.